The molecule has 0 aliphatic heterocycles. The van der Waals surface area contributed by atoms with E-state index in [1.807, 2.05) is 12.1 Å². The smallest absolute Gasteiger partial charge is 0.323 e. The molecule has 80 valence electrons. The Bertz CT molecular complexity index is 375. The molecule has 0 aliphatic rings. The van der Waals surface area contributed by atoms with Gasteiger partial charge >= 0.3 is 5.97 Å². The summed E-state index contributed by atoms with van der Waals surface area (Å²) in [4.78, 5) is 23.2. The average Bonchev–Trinajstić information content (AvgIpc) is 2.17. The summed E-state index contributed by atoms with van der Waals surface area (Å²) in [5.74, 6) is -1.30. The molecule has 0 bridgehead atoms. The van der Waals surface area contributed by atoms with Crippen LogP contribution >= 0.6 is 22.6 Å². The number of carbonyl (C=O) groups excluding carboxylic acids is 1. The zero-order valence-corrected chi connectivity index (χ0v) is 10.3. The molecular formula is C10H10INO3. The first-order valence-electron chi connectivity index (χ1n) is 4.23. The summed E-state index contributed by atoms with van der Waals surface area (Å²) in [7, 11) is 1.47. The molecule has 1 aromatic carbocycles. The van der Waals surface area contributed by atoms with Crippen LogP contribution in [0.2, 0.25) is 0 Å². The van der Waals surface area contributed by atoms with Gasteiger partial charge in [0.25, 0.3) is 5.91 Å². The topological polar surface area (TPSA) is 57.6 Å². The lowest BCUT2D eigenvalue weighted by Gasteiger charge is -2.14. The first-order chi connectivity index (χ1) is 7.00. The molecular weight excluding hydrogens is 309 g/mol. The third-order valence-corrected chi connectivity index (χ3v) is 2.53. The zero-order valence-electron chi connectivity index (χ0n) is 8.11. The van der Waals surface area contributed by atoms with Crippen LogP contribution in [0.1, 0.15) is 10.4 Å². The lowest BCUT2D eigenvalue weighted by atomic mass is 10.2. The molecule has 0 radical (unpaired) electrons. The van der Waals surface area contributed by atoms with Crippen molar-refractivity contribution in [2.24, 2.45) is 0 Å². The Labute approximate surface area is 101 Å². The Morgan fingerprint density at radius 3 is 2.33 bits per heavy atom. The monoisotopic (exact) mass is 319 g/mol. The first kappa shape index (κ1) is 12.0. The normalized spacial score (nSPS) is 9.73. The maximum absolute atomic E-state index is 11.7. The molecule has 0 spiro atoms. The van der Waals surface area contributed by atoms with Crippen LogP contribution < -0.4 is 0 Å². The fourth-order valence-corrected chi connectivity index (χ4v) is 1.45. The van der Waals surface area contributed by atoms with E-state index in [2.05, 4.69) is 22.6 Å². The number of carbonyl (C=O) groups is 2. The van der Waals surface area contributed by atoms with Crippen LogP contribution in [0.15, 0.2) is 24.3 Å². The number of nitrogens with zero attached hydrogens (tertiary/aromatic N) is 1. The molecule has 0 heterocycles. The molecule has 1 amide bonds. The highest BCUT2D eigenvalue weighted by Gasteiger charge is 2.13. The number of carboxylic acid groups (broad SMARTS) is 1. The largest absolute Gasteiger partial charge is 0.480 e. The van der Waals surface area contributed by atoms with Gasteiger partial charge in [0.15, 0.2) is 0 Å². The number of rotatable bonds is 3. The fourth-order valence-electron chi connectivity index (χ4n) is 1.09. The molecule has 15 heavy (non-hydrogen) atoms. The van der Waals surface area contributed by atoms with E-state index in [4.69, 9.17) is 5.11 Å². The number of hydrogen-bond acceptors (Lipinski definition) is 2. The lowest BCUT2D eigenvalue weighted by Crippen LogP contribution is -2.31. The van der Waals surface area contributed by atoms with Crippen molar-refractivity contribution in [1.82, 2.24) is 4.90 Å². The van der Waals surface area contributed by atoms with E-state index in [9.17, 15) is 9.59 Å². The van der Waals surface area contributed by atoms with Gasteiger partial charge in [-0.3, -0.25) is 9.59 Å². The minimum atomic E-state index is -1.02. The second kappa shape index (κ2) is 5.11. The van der Waals surface area contributed by atoms with E-state index in [1.54, 1.807) is 12.1 Å². The number of likely N-dealkylation sites (N-methyl/N-ethyl adjacent to an activating group) is 1. The molecule has 4 nitrogen and oxygen atoms in total. The van der Waals surface area contributed by atoms with Gasteiger partial charge < -0.3 is 10.0 Å². The Kier molecular flexibility index (Phi) is 4.07. The van der Waals surface area contributed by atoms with Crippen molar-refractivity contribution in [1.29, 1.82) is 0 Å². The van der Waals surface area contributed by atoms with Gasteiger partial charge in [0.2, 0.25) is 0 Å². The molecule has 0 aromatic heterocycles. The van der Waals surface area contributed by atoms with E-state index in [0.29, 0.717) is 5.56 Å². The minimum Gasteiger partial charge on any atom is -0.480 e. The predicted molar refractivity (Wildman–Crippen MR) is 63.8 cm³/mol. The summed E-state index contributed by atoms with van der Waals surface area (Å²) in [5.41, 5.74) is 0.499. The van der Waals surface area contributed by atoms with Crippen molar-refractivity contribution in [3.05, 3.63) is 33.4 Å². The van der Waals surface area contributed by atoms with Crippen LogP contribution in [-0.4, -0.2) is 35.5 Å². The highest BCUT2D eigenvalue weighted by Crippen LogP contribution is 2.08. The van der Waals surface area contributed by atoms with Crippen molar-refractivity contribution in [2.45, 2.75) is 0 Å². The molecule has 0 atom stereocenters. The van der Waals surface area contributed by atoms with E-state index in [-0.39, 0.29) is 12.5 Å². The zero-order chi connectivity index (χ0) is 11.4. The van der Waals surface area contributed by atoms with Crippen LogP contribution in [0, 0.1) is 3.57 Å². The van der Waals surface area contributed by atoms with Crippen molar-refractivity contribution >= 4 is 34.5 Å². The van der Waals surface area contributed by atoms with Crippen LogP contribution in [0.4, 0.5) is 0 Å². The third-order valence-electron chi connectivity index (χ3n) is 1.81. The predicted octanol–water partition coefficient (Wildman–Crippen LogP) is 1.45. The Morgan fingerprint density at radius 2 is 1.87 bits per heavy atom. The van der Waals surface area contributed by atoms with Gasteiger partial charge in [-0.2, -0.15) is 0 Å². The first-order valence-corrected chi connectivity index (χ1v) is 5.31. The fraction of sp³-hybridized carbons (Fsp3) is 0.200. The highest BCUT2D eigenvalue weighted by atomic mass is 127. The van der Waals surface area contributed by atoms with Gasteiger partial charge in [-0.15, -0.1) is 0 Å². The molecule has 1 rings (SSSR count). The SMILES string of the molecule is CN(CC(=O)O)C(=O)c1ccc(I)cc1. The molecule has 0 fully saturated rings. The third kappa shape index (κ3) is 3.50. The van der Waals surface area contributed by atoms with Crippen LogP contribution in [-0.2, 0) is 4.79 Å². The van der Waals surface area contributed by atoms with Crippen molar-refractivity contribution in [3.63, 3.8) is 0 Å². The quantitative estimate of drug-likeness (QED) is 0.858. The van der Waals surface area contributed by atoms with Gasteiger partial charge in [0.05, 0.1) is 0 Å². The Morgan fingerprint density at radius 1 is 1.33 bits per heavy atom. The Balaban J connectivity index is 2.76. The second-order valence-corrected chi connectivity index (χ2v) is 4.31. The molecule has 5 heteroatoms. The van der Waals surface area contributed by atoms with Gasteiger partial charge in [-0.1, -0.05) is 0 Å². The lowest BCUT2D eigenvalue weighted by molar-refractivity contribution is -0.137. The van der Waals surface area contributed by atoms with Gasteiger partial charge in [-0.25, -0.2) is 0 Å². The standard InChI is InChI=1S/C10H10INO3/c1-12(6-9(13)14)10(15)7-2-4-8(11)5-3-7/h2-5H,6H2,1H3,(H,13,14). The second-order valence-electron chi connectivity index (χ2n) is 3.06. The number of amides is 1. The highest BCUT2D eigenvalue weighted by molar-refractivity contribution is 14.1. The summed E-state index contributed by atoms with van der Waals surface area (Å²) >= 11 is 2.14. The molecule has 1 N–H and O–H groups in total. The van der Waals surface area contributed by atoms with Crippen molar-refractivity contribution < 1.29 is 14.7 Å². The van der Waals surface area contributed by atoms with E-state index >= 15 is 0 Å². The van der Waals surface area contributed by atoms with Gasteiger partial charge in [0.1, 0.15) is 6.54 Å². The molecule has 0 aliphatic carbocycles. The molecule has 0 unspecified atom stereocenters. The van der Waals surface area contributed by atoms with Gasteiger partial charge in [0, 0.05) is 16.2 Å². The molecule has 0 saturated carbocycles. The summed E-state index contributed by atoms with van der Waals surface area (Å²) in [5, 5.41) is 8.53. The van der Waals surface area contributed by atoms with E-state index in [1.165, 1.54) is 11.9 Å². The molecule has 1 aromatic rings. The maximum atomic E-state index is 11.7. The average molecular weight is 319 g/mol. The summed E-state index contributed by atoms with van der Waals surface area (Å²) in [6.07, 6.45) is 0. The molecule has 0 saturated heterocycles. The number of carboxylic acids is 1. The van der Waals surface area contributed by atoms with Crippen LogP contribution in [0.25, 0.3) is 0 Å². The van der Waals surface area contributed by atoms with Crippen molar-refractivity contribution in [3.8, 4) is 0 Å². The number of halogens is 1. The van der Waals surface area contributed by atoms with E-state index < -0.39 is 5.97 Å². The Hall–Kier alpha value is -1.11. The van der Waals surface area contributed by atoms with Gasteiger partial charge in [-0.05, 0) is 46.9 Å². The maximum Gasteiger partial charge on any atom is 0.323 e. The summed E-state index contributed by atoms with van der Waals surface area (Å²) in [6, 6.07) is 6.98. The number of hydrogen-bond donors (Lipinski definition) is 1. The minimum absolute atomic E-state index is 0.284. The summed E-state index contributed by atoms with van der Waals surface area (Å²) in [6.45, 7) is -0.287. The van der Waals surface area contributed by atoms with Crippen LogP contribution in [0.3, 0.4) is 0 Å². The van der Waals surface area contributed by atoms with Crippen molar-refractivity contribution in [2.75, 3.05) is 13.6 Å². The van der Waals surface area contributed by atoms with E-state index in [0.717, 1.165) is 3.57 Å². The summed E-state index contributed by atoms with van der Waals surface area (Å²) < 4.78 is 1.03. The number of aliphatic carboxylic acids is 1. The number of benzene rings is 1. The van der Waals surface area contributed by atoms with Crippen LogP contribution in [0.5, 0.6) is 0 Å².